The Hall–Kier alpha value is -5.12. The van der Waals surface area contributed by atoms with Crippen molar-refractivity contribution in [1.82, 2.24) is 4.57 Å². The minimum atomic E-state index is -1.04. The standard InChI is InChI=1S/C42H36N2O/c1-41(2)36-23-29(32-18-17-31(43)25-35(32)42(3,4)45)16-20-39(36)44-38-19-15-28(26-11-7-5-8-12-26)21-33(38)34-22-30(24-37(41)40(34)44)27-13-9-6-10-14-27/h5-25,45H,43H2,1-4H3. The molecule has 0 aliphatic carbocycles. The summed E-state index contributed by atoms with van der Waals surface area (Å²) >= 11 is 0. The summed E-state index contributed by atoms with van der Waals surface area (Å²) in [6.45, 7) is 8.33. The Labute approximate surface area is 264 Å². The van der Waals surface area contributed by atoms with Gasteiger partial charge in [-0.05, 0) is 112 Å². The largest absolute Gasteiger partial charge is 0.399 e. The fourth-order valence-corrected chi connectivity index (χ4v) is 7.35. The average molecular weight is 585 g/mol. The van der Waals surface area contributed by atoms with E-state index in [0.29, 0.717) is 5.69 Å². The molecule has 0 fully saturated rings. The summed E-state index contributed by atoms with van der Waals surface area (Å²) < 4.78 is 2.47. The van der Waals surface area contributed by atoms with E-state index in [4.69, 9.17) is 5.73 Å². The van der Waals surface area contributed by atoms with Crippen LogP contribution in [0.5, 0.6) is 0 Å². The highest BCUT2D eigenvalue weighted by molar-refractivity contribution is 6.14. The quantitative estimate of drug-likeness (QED) is 0.202. The molecule has 0 spiro atoms. The molecule has 1 aliphatic heterocycles. The third kappa shape index (κ3) is 4.22. The fourth-order valence-electron chi connectivity index (χ4n) is 7.35. The number of nitrogen functional groups attached to an aromatic ring is 1. The van der Waals surface area contributed by atoms with Gasteiger partial charge in [0.05, 0.1) is 22.3 Å². The number of rotatable bonds is 4. The minimum absolute atomic E-state index is 0.288. The number of aliphatic hydroxyl groups is 1. The average Bonchev–Trinajstić information content (AvgIpc) is 3.37. The molecule has 3 N–H and O–H groups in total. The van der Waals surface area contributed by atoms with Gasteiger partial charge in [-0.25, -0.2) is 0 Å². The van der Waals surface area contributed by atoms with Crippen LogP contribution in [0.1, 0.15) is 44.4 Å². The molecule has 3 heteroatoms. The second-order valence-electron chi connectivity index (χ2n) is 13.4. The number of aromatic nitrogens is 1. The van der Waals surface area contributed by atoms with E-state index in [1.165, 1.54) is 60.9 Å². The molecule has 8 rings (SSSR count). The zero-order chi connectivity index (χ0) is 31.1. The van der Waals surface area contributed by atoms with E-state index in [-0.39, 0.29) is 5.41 Å². The van der Waals surface area contributed by atoms with E-state index in [9.17, 15) is 5.11 Å². The molecule has 6 aromatic carbocycles. The Morgan fingerprint density at radius 1 is 0.600 bits per heavy atom. The van der Waals surface area contributed by atoms with Gasteiger partial charge in [-0.15, -0.1) is 0 Å². The van der Waals surface area contributed by atoms with Gasteiger partial charge in [0, 0.05) is 21.9 Å². The molecule has 45 heavy (non-hydrogen) atoms. The molecule has 3 nitrogen and oxygen atoms in total. The van der Waals surface area contributed by atoms with E-state index >= 15 is 0 Å². The summed E-state index contributed by atoms with van der Waals surface area (Å²) in [7, 11) is 0. The Morgan fingerprint density at radius 3 is 1.91 bits per heavy atom. The maximum absolute atomic E-state index is 11.1. The molecular formula is C42H36N2O. The molecule has 0 unspecified atom stereocenters. The first-order valence-electron chi connectivity index (χ1n) is 15.6. The number of fused-ring (bicyclic) bond motifs is 5. The number of hydrogen-bond donors (Lipinski definition) is 2. The number of nitrogens with zero attached hydrogens (tertiary/aromatic N) is 1. The van der Waals surface area contributed by atoms with Crippen molar-refractivity contribution in [3.8, 4) is 39.1 Å². The lowest BCUT2D eigenvalue weighted by molar-refractivity contribution is 0.0792. The summed E-state index contributed by atoms with van der Waals surface area (Å²) in [5.74, 6) is 0. The van der Waals surface area contributed by atoms with Crippen molar-refractivity contribution in [3.63, 3.8) is 0 Å². The third-order valence-electron chi connectivity index (χ3n) is 9.67. The van der Waals surface area contributed by atoms with E-state index < -0.39 is 5.60 Å². The van der Waals surface area contributed by atoms with Gasteiger partial charge in [0.25, 0.3) is 0 Å². The molecule has 7 aromatic rings. The highest BCUT2D eigenvalue weighted by atomic mass is 16.3. The van der Waals surface area contributed by atoms with Gasteiger partial charge in [0.2, 0.25) is 0 Å². The Morgan fingerprint density at radius 2 is 1.22 bits per heavy atom. The van der Waals surface area contributed by atoms with Gasteiger partial charge < -0.3 is 15.4 Å². The molecule has 0 atom stereocenters. The van der Waals surface area contributed by atoms with Crippen LogP contribution in [0.2, 0.25) is 0 Å². The van der Waals surface area contributed by atoms with Crippen LogP contribution >= 0.6 is 0 Å². The van der Waals surface area contributed by atoms with Crippen LogP contribution in [0.3, 0.4) is 0 Å². The van der Waals surface area contributed by atoms with Gasteiger partial charge in [-0.1, -0.05) is 92.7 Å². The van der Waals surface area contributed by atoms with Gasteiger partial charge >= 0.3 is 0 Å². The van der Waals surface area contributed by atoms with Crippen molar-refractivity contribution in [2.24, 2.45) is 0 Å². The molecule has 1 aromatic heterocycles. The van der Waals surface area contributed by atoms with Gasteiger partial charge in [0.1, 0.15) is 0 Å². The van der Waals surface area contributed by atoms with Crippen LogP contribution in [0.4, 0.5) is 5.69 Å². The predicted molar refractivity (Wildman–Crippen MR) is 189 cm³/mol. The van der Waals surface area contributed by atoms with Crippen LogP contribution < -0.4 is 5.73 Å². The summed E-state index contributed by atoms with van der Waals surface area (Å²) in [5, 5.41) is 13.6. The van der Waals surface area contributed by atoms with Crippen molar-refractivity contribution in [2.75, 3.05) is 5.73 Å². The third-order valence-corrected chi connectivity index (χ3v) is 9.67. The normalized spacial score (nSPS) is 13.7. The van der Waals surface area contributed by atoms with Gasteiger partial charge in [0.15, 0.2) is 0 Å². The maximum atomic E-state index is 11.1. The number of nitrogens with two attached hydrogens (primary N) is 1. The predicted octanol–water partition coefficient (Wildman–Crippen LogP) is 10.2. The molecule has 0 radical (unpaired) electrons. The minimum Gasteiger partial charge on any atom is -0.399 e. The van der Waals surface area contributed by atoms with Crippen LogP contribution in [-0.4, -0.2) is 9.67 Å². The van der Waals surface area contributed by atoms with E-state index in [1.54, 1.807) is 0 Å². The van der Waals surface area contributed by atoms with Crippen molar-refractivity contribution in [1.29, 1.82) is 0 Å². The first kappa shape index (κ1) is 27.4. The van der Waals surface area contributed by atoms with Crippen molar-refractivity contribution < 1.29 is 5.11 Å². The van der Waals surface area contributed by atoms with Crippen molar-refractivity contribution in [3.05, 3.63) is 144 Å². The summed E-state index contributed by atoms with van der Waals surface area (Å²) in [5.41, 5.74) is 19.5. The highest BCUT2D eigenvalue weighted by Gasteiger charge is 2.36. The van der Waals surface area contributed by atoms with Gasteiger partial charge in [-0.3, -0.25) is 0 Å². The summed E-state index contributed by atoms with van der Waals surface area (Å²) in [6, 6.07) is 45.6. The van der Waals surface area contributed by atoms with Crippen molar-refractivity contribution in [2.45, 2.75) is 38.7 Å². The molecular weight excluding hydrogens is 548 g/mol. The Bertz CT molecular complexity index is 2270. The second-order valence-corrected chi connectivity index (χ2v) is 13.4. The molecule has 0 bridgehead atoms. The molecule has 0 saturated carbocycles. The van der Waals surface area contributed by atoms with Gasteiger partial charge in [-0.2, -0.15) is 0 Å². The van der Waals surface area contributed by atoms with E-state index in [0.717, 1.165) is 16.7 Å². The first-order valence-corrected chi connectivity index (χ1v) is 15.6. The van der Waals surface area contributed by atoms with Crippen LogP contribution in [0.25, 0.3) is 60.9 Å². The smallest absolute Gasteiger partial charge is 0.0847 e. The number of anilines is 1. The SMILES string of the molecule is CC(C)(O)c1cc(N)ccc1-c1ccc2c(c1)C(C)(C)c1cc(-c3ccccc3)cc3c4cc(-c5ccccc5)ccc4n-2c13. The van der Waals surface area contributed by atoms with Crippen LogP contribution in [0.15, 0.2) is 127 Å². The molecule has 1 aliphatic rings. The topological polar surface area (TPSA) is 51.2 Å². The lowest BCUT2D eigenvalue weighted by Crippen LogP contribution is -2.26. The van der Waals surface area contributed by atoms with Crippen molar-refractivity contribution >= 4 is 27.5 Å². The second kappa shape index (κ2) is 9.69. The monoisotopic (exact) mass is 584 g/mol. The molecule has 2 heterocycles. The Kier molecular flexibility index (Phi) is 5.91. The van der Waals surface area contributed by atoms with Crippen LogP contribution in [-0.2, 0) is 11.0 Å². The zero-order valence-electron chi connectivity index (χ0n) is 26.1. The lowest BCUT2D eigenvalue weighted by Gasteiger charge is -2.36. The summed E-state index contributed by atoms with van der Waals surface area (Å²) in [6.07, 6.45) is 0. The number of benzene rings is 6. The van der Waals surface area contributed by atoms with E-state index in [2.05, 4.69) is 128 Å². The lowest BCUT2D eigenvalue weighted by atomic mass is 9.73. The Balaban J connectivity index is 1.45. The maximum Gasteiger partial charge on any atom is 0.0847 e. The summed E-state index contributed by atoms with van der Waals surface area (Å²) in [4.78, 5) is 0. The first-order chi connectivity index (χ1) is 21.6. The fraction of sp³-hybridized carbons (Fsp3) is 0.143. The van der Waals surface area contributed by atoms with E-state index in [1.807, 2.05) is 32.0 Å². The van der Waals surface area contributed by atoms with Crippen LogP contribution in [0, 0.1) is 0 Å². The number of hydrogen-bond acceptors (Lipinski definition) is 2. The molecule has 0 amide bonds. The highest BCUT2D eigenvalue weighted by Crippen LogP contribution is 2.50. The zero-order valence-corrected chi connectivity index (χ0v) is 26.1. The molecule has 0 saturated heterocycles. The molecule has 220 valence electrons.